The van der Waals surface area contributed by atoms with Gasteiger partial charge in [-0.05, 0) is 31.2 Å². The van der Waals surface area contributed by atoms with Gasteiger partial charge in [0, 0.05) is 25.7 Å². The molecule has 0 bridgehead atoms. The number of nitrogens with zero attached hydrogens (tertiary/aromatic N) is 2. The summed E-state index contributed by atoms with van der Waals surface area (Å²) in [7, 11) is 0. The second-order valence-corrected chi connectivity index (χ2v) is 5.95. The lowest BCUT2D eigenvalue weighted by atomic mass is 9.92. The van der Waals surface area contributed by atoms with Crippen LogP contribution in [0.25, 0.3) is 0 Å². The maximum absolute atomic E-state index is 12.4. The zero-order valence-electron chi connectivity index (χ0n) is 11.4. The van der Waals surface area contributed by atoms with Crippen LogP contribution >= 0.6 is 23.2 Å². The lowest BCUT2D eigenvalue weighted by Crippen LogP contribution is -2.38. The van der Waals surface area contributed by atoms with Gasteiger partial charge in [-0.1, -0.05) is 23.2 Å². The van der Waals surface area contributed by atoms with E-state index in [4.69, 9.17) is 28.3 Å². The monoisotopic (exact) mass is 330 g/mol. The Labute approximate surface area is 132 Å². The van der Waals surface area contributed by atoms with E-state index < -0.39 is 5.97 Å². The highest BCUT2D eigenvalue weighted by molar-refractivity contribution is 6.35. The SMILES string of the molecule is O=C(O)CCC1CCN(C(=O)c2cc(Cl)ncc2Cl)CC1. The zero-order chi connectivity index (χ0) is 15.4. The van der Waals surface area contributed by atoms with Gasteiger partial charge in [-0.15, -0.1) is 0 Å². The van der Waals surface area contributed by atoms with Gasteiger partial charge < -0.3 is 10.0 Å². The molecule has 21 heavy (non-hydrogen) atoms. The van der Waals surface area contributed by atoms with E-state index in [-0.39, 0.29) is 22.5 Å². The van der Waals surface area contributed by atoms with Crippen molar-refractivity contribution in [3.8, 4) is 0 Å². The molecule has 1 aliphatic rings. The lowest BCUT2D eigenvalue weighted by molar-refractivity contribution is -0.137. The van der Waals surface area contributed by atoms with Crippen molar-refractivity contribution < 1.29 is 14.7 Å². The minimum absolute atomic E-state index is 0.152. The Morgan fingerprint density at radius 3 is 2.62 bits per heavy atom. The molecule has 0 saturated carbocycles. The number of pyridine rings is 1. The fourth-order valence-corrected chi connectivity index (χ4v) is 2.84. The van der Waals surface area contributed by atoms with E-state index in [1.165, 1.54) is 12.3 Å². The predicted molar refractivity (Wildman–Crippen MR) is 79.8 cm³/mol. The van der Waals surface area contributed by atoms with Crippen molar-refractivity contribution in [3.05, 3.63) is 28.0 Å². The third-order valence-electron chi connectivity index (χ3n) is 3.72. The minimum atomic E-state index is -0.772. The van der Waals surface area contributed by atoms with Crippen molar-refractivity contribution >= 4 is 35.1 Å². The van der Waals surface area contributed by atoms with E-state index in [9.17, 15) is 9.59 Å². The van der Waals surface area contributed by atoms with Crippen molar-refractivity contribution in [2.75, 3.05) is 13.1 Å². The van der Waals surface area contributed by atoms with Gasteiger partial charge in [0.05, 0.1) is 10.6 Å². The molecule has 0 aromatic carbocycles. The quantitative estimate of drug-likeness (QED) is 0.861. The number of carboxylic acids is 1. The van der Waals surface area contributed by atoms with Crippen LogP contribution in [0, 0.1) is 5.92 Å². The van der Waals surface area contributed by atoms with Crippen molar-refractivity contribution in [1.82, 2.24) is 9.88 Å². The number of amides is 1. The van der Waals surface area contributed by atoms with Gasteiger partial charge in [0.1, 0.15) is 5.15 Å². The largest absolute Gasteiger partial charge is 0.481 e. The molecule has 0 unspecified atom stereocenters. The number of hydrogen-bond donors (Lipinski definition) is 1. The van der Waals surface area contributed by atoms with Crippen LogP contribution in [0.3, 0.4) is 0 Å². The summed E-state index contributed by atoms with van der Waals surface area (Å²) >= 11 is 11.8. The van der Waals surface area contributed by atoms with Crippen molar-refractivity contribution in [2.24, 2.45) is 5.92 Å². The van der Waals surface area contributed by atoms with E-state index >= 15 is 0 Å². The number of aliphatic carboxylic acids is 1. The van der Waals surface area contributed by atoms with E-state index in [0.29, 0.717) is 31.0 Å². The molecule has 1 saturated heterocycles. The number of carbonyl (C=O) groups excluding carboxylic acids is 1. The second kappa shape index (κ2) is 7.09. The first-order valence-electron chi connectivity index (χ1n) is 6.79. The van der Waals surface area contributed by atoms with Crippen molar-refractivity contribution in [3.63, 3.8) is 0 Å². The number of piperidine rings is 1. The second-order valence-electron chi connectivity index (χ2n) is 5.15. The van der Waals surface area contributed by atoms with E-state index in [1.54, 1.807) is 4.90 Å². The van der Waals surface area contributed by atoms with E-state index in [1.807, 2.05) is 0 Å². The van der Waals surface area contributed by atoms with Gasteiger partial charge in [-0.2, -0.15) is 0 Å². The van der Waals surface area contributed by atoms with Gasteiger partial charge in [-0.25, -0.2) is 4.98 Å². The van der Waals surface area contributed by atoms with Gasteiger partial charge in [0.25, 0.3) is 5.91 Å². The first-order chi connectivity index (χ1) is 9.97. The number of aromatic nitrogens is 1. The van der Waals surface area contributed by atoms with Crippen molar-refractivity contribution in [2.45, 2.75) is 25.7 Å². The molecule has 1 amide bonds. The molecule has 1 N–H and O–H groups in total. The van der Waals surface area contributed by atoms with Gasteiger partial charge in [0.15, 0.2) is 0 Å². The van der Waals surface area contributed by atoms with E-state index in [2.05, 4.69) is 4.98 Å². The molecule has 1 fully saturated rings. The third kappa shape index (κ3) is 4.32. The molecule has 0 atom stereocenters. The highest BCUT2D eigenvalue weighted by atomic mass is 35.5. The first-order valence-corrected chi connectivity index (χ1v) is 7.55. The molecule has 2 rings (SSSR count). The number of likely N-dealkylation sites (tertiary alicyclic amines) is 1. The Hall–Kier alpha value is -1.33. The fraction of sp³-hybridized carbons (Fsp3) is 0.500. The Morgan fingerprint density at radius 1 is 1.33 bits per heavy atom. The number of carboxylic acid groups (broad SMARTS) is 1. The maximum Gasteiger partial charge on any atom is 0.303 e. The Bertz CT molecular complexity index is 543. The Morgan fingerprint density at radius 2 is 2.00 bits per heavy atom. The standard InChI is InChI=1S/C14H16Cl2N2O3/c15-11-8-17-12(16)7-10(11)14(21)18-5-3-9(4-6-18)1-2-13(19)20/h7-9H,1-6H2,(H,19,20). The summed E-state index contributed by atoms with van der Waals surface area (Å²) in [5.41, 5.74) is 0.362. The zero-order valence-corrected chi connectivity index (χ0v) is 12.9. The molecule has 1 aromatic rings. The Kier molecular flexibility index (Phi) is 5.42. The smallest absolute Gasteiger partial charge is 0.303 e. The van der Waals surface area contributed by atoms with Crippen LogP contribution in [0.1, 0.15) is 36.0 Å². The fourth-order valence-electron chi connectivity index (χ4n) is 2.50. The minimum Gasteiger partial charge on any atom is -0.481 e. The molecule has 7 heteroatoms. The molecule has 0 spiro atoms. The number of halogens is 2. The van der Waals surface area contributed by atoms with Gasteiger partial charge >= 0.3 is 5.97 Å². The van der Waals surface area contributed by atoms with E-state index in [0.717, 1.165) is 12.8 Å². The summed E-state index contributed by atoms with van der Waals surface area (Å²) in [6.45, 7) is 1.22. The molecular formula is C14H16Cl2N2O3. The molecule has 5 nitrogen and oxygen atoms in total. The van der Waals surface area contributed by atoms with Crippen LogP contribution in [0.5, 0.6) is 0 Å². The number of hydrogen-bond acceptors (Lipinski definition) is 3. The normalized spacial score (nSPS) is 16.0. The summed E-state index contributed by atoms with van der Waals surface area (Å²) in [4.78, 5) is 28.5. The van der Waals surface area contributed by atoms with Crippen LogP contribution in [-0.4, -0.2) is 40.0 Å². The van der Waals surface area contributed by atoms with Gasteiger partial charge in [-0.3, -0.25) is 9.59 Å². The van der Waals surface area contributed by atoms with Crippen LogP contribution in [0.2, 0.25) is 10.2 Å². The van der Waals surface area contributed by atoms with Crippen molar-refractivity contribution in [1.29, 1.82) is 0 Å². The van der Waals surface area contributed by atoms with Crippen LogP contribution in [-0.2, 0) is 4.79 Å². The summed E-state index contributed by atoms with van der Waals surface area (Å²) < 4.78 is 0. The average Bonchev–Trinajstić information content (AvgIpc) is 2.47. The topological polar surface area (TPSA) is 70.5 Å². The molecule has 0 radical (unpaired) electrons. The summed E-state index contributed by atoms with van der Waals surface area (Å²) in [5.74, 6) is -0.561. The van der Waals surface area contributed by atoms with Crippen LogP contribution in [0.4, 0.5) is 0 Å². The molecule has 2 heterocycles. The molecule has 0 aliphatic carbocycles. The Balaban J connectivity index is 1.94. The van der Waals surface area contributed by atoms with Crippen LogP contribution in [0.15, 0.2) is 12.3 Å². The maximum atomic E-state index is 12.4. The number of carbonyl (C=O) groups is 2. The third-order valence-corrected chi connectivity index (χ3v) is 4.23. The molecule has 1 aromatic heterocycles. The summed E-state index contributed by atoms with van der Waals surface area (Å²) in [6.07, 6.45) is 3.85. The highest BCUT2D eigenvalue weighted by Gasteiger charge is 2.25. The molecule has 114 valence electrons. The highest BCUT2D eigenvalue weighted by Crippen LogP contribution is 2.25. The van der Waals surface area contributed by atoms with Gasteiger partial charge in [0.2, 0.25) is 0 Å². The summed E-state index contributed by atoms with van der Waals surface area (Å²) in [5, 5.41) is 9.22. The lowest BCUT2D eigenvalue weighted by Gasteiger charge is -2.32. The molecular weight excluding hydrogens is 315 g/mol. The molecule has 1 aliphatic heterocycles. The van der Waals surface area contributed by atoms with Crippen LogP contribution < -0.4 is 0 Å². The number of rotatable bonds is 4. The average molecular weight is 331 g/mol. The predicted octanol–water partition coefficient (Wildman–Crippen LogP) is 3.11. The first kappa shape index (κ1) is 16.0. The summed E-state index contributed by atoms with van der Waals surface area (Å²) in [6, 6.07) is 1.47.